The number of esters is 1. The Kier molecular flexibility index (Phi) is 6.66. The summed E-state index contributed by atoms with van der Waals surface area (Å²) in [6.07, 6.45) is 1.97. The molecule has 0 saturated heterocycles. The summed E-state index contributed by atoms with van der Waals surface area (Å²) in [6, 6.07) is 7.57. The molecule has 134 valence electrons. The van der Waals surface area contributed by atoms with E-state index in [9.17, 15) is 9.59 Å². The molecule has 0 radical (unpaired) electrons. The van der Waals surface area contributed by atoms with E-state index in [4.69, 9.17) is 9.47 Å². The predicted molar refractivity (Wildman–Crippen MR) is 98.6 cm³/mol. The summed E-state index contributed by atoms with van der Waals surface area (Å²) < 4.78 is 10.0. The maximum Gasteiger partial charge on any atom is 0.340 e. The van der Waals surface area contributed by atoms with E-state index in [-0.39, 0.29) is 12.5 Å². The predicted octanol–water partition coefficient (Wildman–Crippen LogP) is 3.41. The van der Waals surface area contributed by atoms with Crippen LogP contribution in [0.4, 0.5) is 5.69 Å². The Morgan fingerprint density at radius 3 is 2.68 bits per heavy atom. The highest BCUT2D eigenvalue weighted by molar-refractivity contribution is 7.98. The van der Waals surface area contributed by atoms with E-state index in [1.165, 1.54) is 7.11 Å². The number of benzene rings is 1. The topological polar surface area (TPSA) is 80.4 Å². The number of aromatic nitrogens is 1. The molecule has 0 bridgehead atoms. The smallest absolute Gasteiger partial charge is 0.340 e. The maximum absolute atomic E-state index is 12.6. The van der Waals surface area contributed by atoms with Crippen molar-refractivity contribution in [2.24, 2.45) is 0 Å². The molecule has 7 heteroatoms. The summed E-state index contributed by atoms with van der Waals surface area (Å²) in [5.41, 5.74) is 2.61. The maximum atomic E-state index is 12.6. The minimum Gasteiger partial charge on any atom is -0.460 e. The van der Waals surface area contributed by atoms with Gasteiger partial charge in [-0.1, -0.05) is 6.07 Å². The second-order valence-electron chi connectivity index (χ2n) is 5.44. The minimum atomic E-state index is -0.466. The highest BCUT2D eigenvalue weighted by Crippen LogP contribution is 2.22. The molecule has 1 heterocycles. The van der Waals surface area contributed by atoms with Gasteiger partial charge in [0.2, 0.25) is 0 Å². The van der Waals surface area contributed by atoms with E-state index >= 15 is 0 Å². The molecule has 0 saturated carbocycles. The molecule has 0 unspecified atom stereocenters. The van der Waals surface area contributed by atoms with E-state index < -0.39 is 5.97 Å². The number of carbonyl (C=O) groups excluding carboxylic acids is 2. The molecule has 2 aromatic rings. The van der Waals surface area contributed by atoms with Gasteiger partial charge in [-0.15, -0.1) is 11.8 Å². The number of amides is 1. The number of aromatic amines is 1. The Morgan fingerprint density at radius 1 is 1.24 bits per heavy atom. The number of hydrogen-bond donors (Lipinski definition) is 2. The first-order valence-electron chi connectivity index (χ1n) is 7.78. The number of nitrogens with one attached hydrogen (secondary N) is 2. The van der Waals surface area contributed by atoms with Gasteiger partial charge in [-0.3, -0.25) is 4.79 Å². The molecule has 2 rings (SSSR count). The zero-order valence-electron chi connectivity index (χ0n) is 14.8. The fourth-order valence-corrected chi connectivity index (χ4v) is 2.93. The lowest BCUT2D eigenvalue weighted by Gasteiger charge is -2.07. The molecule has 1 aromatic heterocycles. The number of H-pyrrole nitrogens is 1. The van der Waals surface area contributed by atoms with Crippen molar-refractivity contribution in [3.05, 3.63) is 46.8 Å². The van der Waals surface area contributed by atoms with Crippen LogP contribution in [0.25, 0.3) is 0 Å². The molecule has 0 atom stereocenters. The fraction of sp³-hybridized carbons (Fsp3) is 0.333. The van der Waals surface area contributed by atoms with Crippen LogP contribution in [0.1, 0.15) is 32.1 Å². The largest absolute Gasteiger partial charge is 0.460 e. The molecule has 1 aromatic carbocycles. The van der Waals surface area contributed by atoms with Crippen molar-refractivity contribution in [2.45, 2.75) is 18.7 Å². The van der Waals surface area contributed by atoms with Crippen molar-refractivity contribution in [1.82, 2.24) is 4.98 Å². The van der Waals surface area contributed by atoms with Gasteiger partial charge in [0.1, 0.15) is 12.3 Å². The van der Waals surface area contributed by atoms with Crippen LogP contribution in [0.15, 0.2) is 29.2 Å². The van der Waals surface area contributed by atoms with E-state index in [1.807, 2.05) is 30.5 Å². The first-order valence-corrected chi connectivity index (χ1v) is 9.01. The minimum absolute atomic E-state index is 0.169. The summed E-state index contributed by atoms with van der Waals surface area (Å²) in [5.74, 6) is -0.762. The van der Waals surface area contributed by atoms with Crippen molar-refractivity contribution in [3.63, 3.8) is 0 Å². The zero-order chi connectivity index (χ0) is 18.4. The fourth-order valence-electron chi connectivity index (χ4n) is 2.47. The van der Waals surface area contributed by atoms with Gasteiger partial charge < -0.3 is 19.8 Å². The molecule has 0 aliphatic carbocycles. The van der Waals surface area contributed by atoms with Crippen LogP contribution in [0.5, 0.6) is 0 Å². The van der Waals surface area contributed by atoms with Crippen LogP contribution in [0, 0.1) is 13.8 Å². The van der Waals surface area contributed by atoms with Gasteiger partial charge in [0.05, 0.1) is 12.2 Å². The Bertz CT molecular complexity index is 770. The highest BCUT2D eigenvalue weighted by Gasteiger charge is 2.23. The van der Waals surface area contributed by atoms with Crippen LogP contribution in [0.2, 0.25) is 0 Å². The summed E-state index contributed by atoms with van der Waals surface area (Å²) in [5, 5.41) is 2.85. The summed E-state index contributed by atoms with van der Waals surface area (Å²) in [6.45, 7) is 3.96. The van der Waals surface area contributed by atoms with Crippen LogP contribution in [0.3, 0.4) is 0 Å². The van der Waals surface area contributed by atoms with E-state index in [2.05, 4.69) is 10.3 Å². The first kappa shape index (κ1) is 19.1. The van der Waals surface area contributed by atoms with E-state index in [1.54, 1.807) is 25.6 Å². The first-order chi connectivity index (χ1) is 12.0. The van der Waals surface area contributed by atoms with Crippen LogP contribution in [-0.4, -0.2) is 43.4 Å². The van der Waals surface area contributed by atoms with Crippen molar-refractivity contribution in [1.29, 1.82) is 0 Å². The Hall–Kier alpha value is -2.25. The summed E-state index contributed by atoms with van der Waals surface area (Å²) >= 11 is 1.60. The van der Waals surface area contributed by atoms with Gasteiger partial charge in [-0.05, 0) is 43.9 Å². The SMILES string of the molecule is COCCOC(=O)c1c(C)[nH]c(C(=O)Nc2cccc(SC)c2)c1C. The number of thioether (sulfide) groups is 1. The van der Waals surface area contributed by atoms with E-state index in [0.717, 1.165) is 4.90 Å². The third-order valence-corrected chi connectivity index (χ3v) is 4.44. The van der Waals surface area contributed by atoms with Crippen molar-refractivity contribution in [3.8, 4) is 0 Å². The third kappa shape index (κ3) is 4.64. The standard InChI is InChI=1S/C18H22N2O4S/c1-11-15(18(22)24-9-8-23-3)12(2)19-16(11)17(21)20-13-6-5-7-14(10-13)25-4/h5-7,10,19H,8-9H2,1-4H3,(H,20,21). The number of hydrogen-bond acceptors (Lipinski definition) is 5. The number of anilines is 1. The third-order valence-electron chi connectivity index (χ3n) is 3.72. The number of carbonyl (C=O) groups is 2. The molecular weight excluding hydrogens is 340 g/mol. The molecule has 25 heavy (non-hydrogen) atoms. The summed E-state index contributed by atoms with van der Waals surface area (Å²) in [4.78, 5) is 28.8. The van der Waals surface area contributed by atoms with Crippen LogP contribution >= 0.6 is 11.8 Å². The molecule has 6 nitrogen and oxygen atoms in total. The molecule has 2 N–H and O–H groups in total. The van der Waals surface area contributed by atoms with Crippen LogP contribution < -0.4 is 5.32 Å². The molecule has 0 aliphatic rings. The highest BCUT2D eigenvalue weighted by atomic mass is 32.2. The van der Waals surface area contributed by atoms with Crippen molar-refractivity contribution < 1.29 is 19.1 Å². The van der Waals surface area contributed by atoms with Crippen molar-refractivity contribution >= 4 is 29.3 Å². The second-order valence-corrected chi connectivity index (χ2v) is 6.32. The lowest BCUT2D eigenvalue weighted by Crippen LogP contribution is -2.14. The molecule has 0 spiro atoms. The normalized spacial score (nSPS) is 10.6. The average Bonchev–Trinajstić information content (AvgIpc) is 2.90. The molecule has 0 fully saturated rings. The Balaban J connectivity index is 2.17. The number of aryl methyl sites for hydroxylation is 1. The quantitative estimate of drug-likeness (QED) is 0.448. The van der Waals surface area contributed by atoms with Gasteiger partial charge >= 0.3 is 5.97 Å². The number of methoxy groups -OCH3 is 1. The van der Waals surface area contributed by atoms with Gasteiger partial charge in [0, 0.05) is 23.4 Å². The summed E-state index contributed by atoms with van der Waals surface area (Å²) in [7, 11) is 1.54. The van der Waals surface area contributed by atoms with Crippen molar-refractivity contribution in [2.75, 3.05) is 31.9 Å². The average molecular weight is 362 g/mol. The lowest BCUT2D eigenvalue weighted by atomic mass is 10.1. The molecule has 0 aliphatic heterocycles. The van der Waals surface area contributed by atoms with Gasteiger partial charge in [-0.25, -0.2) is 4.79 Å². The van der Waals surface area contributed by atoms with Crippen LogP contribution in [-0.2, 0) is 9.47 Å². The zero-order valence-corrected chi connectivity index (χ0v) is 15.6. The van der Waals surface area contributed by atoms with Gasteiger partial charge in [0.25, 0.3) is 5.91 Å². The Morgan fingerprint density at radius 2 is 2.00 bits per heavy atom. The number of ether oxygens (including phenoxy) is 2. The molecular formula is C18H22N2O4S. The van der Waals surface area contributed by atoms with Gasteiger partial charge in [0.15, 0.2) is 0 Å². The lowest BCUT2D eigenvalue weighted by molar-refractivity contribution is 0.0387. The van der Waals surface area contributed by atoms with Gasteiger partial charge in [-0.2, -0.15) is 0 Å². The van der Waals surface area contributed by atoms with E-state index in [0.29, 0.717) is 34.8 Å². The Labute approximate surface area is 151 Å². The second kappa shape index (κ2) is 8.73. The monoisotopic (exact) mass is 362 g/mol. The number of rotatable bonds is 7. The molecule has 1 amide bonds.